The summed E-state index contributed by atoms with van der Waals surface area (Å²) in [5.74, 6) is 1.38. The van der Waals surface area contributed by atoms with Crippen LogP contribution in [0.15, 0.2) is 42.9 Å². The molecular formula is C24H29N7O. The first-order valence-electron chi connectivity index (χ1n) is 11.2. The van der Waals surface area contributed by atoms with Gasteiger partial charge in [-0.05, 0) is 32.8 Å². The predicted molar refractivity (Wildman–Crippen MR) is 123 cm³/mol. The molecule has 1 aliphatic heterocycles. The summed E-state index contributed by atoms with van der Waals surface area (Å²) >= 11 is 0. The normalized spacial score (nSPS) is 17.8. The second kappa shape index (κ2) is 8.35. The zero-order valence-corrected chi connectivity index (χ0v) is 19.1. The van der Waals surface area contributed by atoms with E-state index in [9.17, 15) is 0 Å². The van der Waals surface area contributed by atoms with Gasteiger partial charge in [0.25, 0.3) is 0 Å². The Kier molecular flexibility index (Phi) is 5.38. The molecule has 5 rings (SSSR count). The molecule has 0 amide bonds. The minimum atomic E-state index is 0.0781. The smallest absolute Gasteiger partial charge is 0.245 e. The first-order chi connectivity index (χ1) is 15.6. The minimum absolute atomic E-state index is 0.0781. The summed E-state index contributed by atoms with van der Waals surface area (Å²) < 4.78 is 10.3. The average molecular weight is 432 g/mol. The number of aromatic nitrogens is 6. The summed E-state index contributed by atoms with van der Waals surface area (Å²) in [6.45, 7) is 9.09. The third kappa shape index (κ3) is 3.54. The maximum absolute atomic E-state index is 6.38. The molecule has 0 N–H and O–H groups in total. The Morgan fingerprint density at radius 1 is 1.19 bits per heavy atom. The Bertz CT molecular complexity index is 1230. The first-order valence-corrected chi connectivity index (χ1v) is 11.2. The highest BCUT2D eigenvalue weighted by molar-refractivity contribution is 5.81. The second-order valence-electron chi connectivity index (χ2n) is 8.42. The highest BCUT2D eigenvalue weighted by atomic mass is 16.5. The van der Waals surface area contributed by atoms with Gasteiger partial charge in [0, 0.05) is 38.4 Å². The van der Waals surface area contributed by atoms with Gasteiger partial charge in [-0.3, -0.25) is 9.58 Å². The van der Waals surface area contributed by atoms with E-state index in [4.69, 9.17) is 9.72 Å². The molecule has 1 aliphatic rings. The van der Waals surface area contributed by atoms with Crippen LogP contribution >= 0.6 is 0 Å². The van der Waals surface area contributed by atoms with Crippen LogP contribution in [0.2, 0.25) is 0 Å². The van der Waals surface area contributed by atoms with Crippen molar-refractivity contribution in [1.29, 1.82) is 0 Å². The van der Waals surface area contributed by atoms with Crippen molar-refractivity contribution < 1.29 is 4.74 Å². The van der Waals surface area contributed by atoms with Crippen LogP contribution < -0.4 is 4.74 Å². The molecule has 8 heteroatoms. The van der Waals surface area contributed by atoms with Crippen molar-refractivity contribution in [1.82, 2.24) is 34.2 Å². The lowest BCUT2D eigenvalue weighted by Gasteiger charge is -2.24. The number of ether oxygens (including phenoxy) is 1. The lowest BCUT2D eigenvalue weighted by molar-refractivity contribution is 0.179. The van der Waals surface area contributed by atoms with Gasteiger partial charge in [0.2, 0.25) is 5.88 Å². The van der Waals surface area contributed by atoms with E-state index >= 15 is 0 Å². The quantitative estimate of drug-likeness (QED) is 0.463. The van der Waals surface area contributed by atoms with E-state index < -0.39 is 0 Å². The fourth-order valence-electron chi connectivity index (χ4n) is 4.59. The van der Waals surface area contributed by atoms with E-state index in [1.165, 1.54) is 5.56 Å². The Morgan fingerprint density at radius 3 is 2.75 bits per heavy atom. The monoisotopic (exact) mass is 431 g/mol. The Balaban J connectivity index is 1.39. The number of aryl methyl sites for hydroxylation is 2. The maximum atomic E-state index is 6.38. The first kappa shape index (κ1) is 20.6. The summed E-state index contributed by atoms with van der Waals surface area (Å²) in [6, 6.07) is 11.0. The summed E-state index contributed by atoms with van der Waals surface area (Å²) in [5, 5.41) is 4.47. The van der Waals surface area contributed by atoms with Gasteiger partial charge in [-0.2, -0.15) is 10.1 Å². The van der Waals surface area contributed by atoms with Crippen molar-refractivity contribution >= 4 is 11.2 Å². The molecule has 1 fully saturated rings. The molecule has 3 aromatic heterocycles. The molecule has 0 radical (unpaired) electrons. The standard InChI is InChI=1S/C24H29N7O/c1-5-31-17(3)20(13-27-31)22-28-21-23(29(22)4)25-15-26-24(21)32-19-11-12-30(14-19)16(2)18-9-7-6-8-10-18/h6-10,13,15-16,19H,5,11-12,14H2,1-4H3. The molecule has 0 aliphatic carbocycles. The van der Waals surface area contributed by atoms with Crippen LogP contribution in [0.3, 0.4) is 0 Å². The number of fused-ring (bicyclic) bond motifs is 1. The van der Waals surface area contributed by atoms with Gasteiger partial charge in [-0.1, -0.05) is 30.3 Å². The number of hydrogen-bond acceptors (Lipinski definition) is 6. The van der Waals surface area contributed by atoms with Crippen LogP contribution in [0.5, 0.6) is 5.88 Å². The Labute approximate surface area is 187 Å². The fraction of sp³-hybridized carbons (Fsp3) is 0.417. The van der Waals surface area contributed by atoms with Crippen molar-refractivity contribution in [3.63, 3.8) is 0 Å². The van der Waals surface area contributed by atoms with E-state index in [0.29, 0.717) is 17.4 Å². The number of hydrogen-bond donors (Lipinski definition) is 0. The number of rotatable bonds is 6. The van der Waals surface area contributed by atoms with Crippen LogP contribution in [0.1, 0.15) is 37.6 Å². The van der Waals surface area contributed by atoms with E-state index in [1.54, 1.807) is 6.33 Å². The SMILES string of the molecule is CCn1ncc(-c2nc3c(OC4CCN(C(C)c5ccccc5)C4)ncnc3n2C)c1C. The molecule has 0 bridgehead atoms. The number of likely N-dealkylation sites (tertiary alicyclic amines) is 1. The van der Waals surface area contributed by atoms with Gasteiger partial charge in [0.15, 0.2) is 11.2 Å². The fourth-order valence-corrected chi connectivity index (χ4v) is 4.59. The van der Waals surface area contributed by atoms with Crippen molar-refractivity contribution in [2.24, 2.45) is 7.05 Å². The molecular weight excluding hydrogens is 402 g/mol. The van der Waals surface area contributed by atoms with Crippen molar-refractivity contribution in [3.05, 3.63) is 54.1 Å². The Morgan fingerprint density at radius 2 is 2.00 bits per heavy atom. The number of nitrogens with zero attached hydrogens (tertiary/aromatic N) is 7. The van der Waals surface area contributed by atoms with Crippen LogP contribution in [0.25, 0.3) is 22.6 Å². The molecule has 0 spiro atoms. The Hall–Kier alpha value is -3.26. The molecule has 8 nitrogen and oxygen atoms in total. The number of benzene rings is 1. The van der Waals surface area contributed by atoms with Crippen molar-refractivity contribution in [3.8, 4) is 17.3 Å². The van der Waals surface area contributed by atoms with Crippen molar-refractivity contribution in [2.45, 2.75) is 45.9 Å². The molecule has 2 atom stereocenters. The highest BCUT2D eigenvalue weighted by Gasteiger charge is 2.29. The summed E-state index contributed by atoms with van der Waals surface area (Å²) in [7, 11) is 1.98. The maximum Gasteiger partial charge on any atom is 0.245 e. The van der Waals surface area contributed by atoms with Gasteiger partial charge in [-0.25, -0.2) is 9.97 Å². The van der Waals surface area contributed by atoms with E-state index in [0.717, 1.165) is 48.8 Å². The molecule has 2 unspecified atom stereocenters. The zero-order valence-electron chi connectivity index (χ0n) is 19.1. The molecule has 0 saturated carbocycles. The van der Waals surface area contributed by atoms with Crippen LogP contribution in [-0.4, -0.2) is 53.4 Å². The molecule has 32 heavy (non-hydrogen) atoms. The van der Waals surface area contributed by atoms with E-state index in [2.05, 4.69) is 71.1 Å². The molecule has 1 aromatic carbocycles. The minimum Gasteiger partial charge on any atom is -0.471 e. The van der Waals surface area contributed by atoms with Crippen molar-refractivity contribution in [2.75, 3.05) is 13.1 Å². The largest absolute Gasteiger partial charge is 0.471 e. The topological polar surface area (TPSA) is 73.9 Å². The van der Waals surface area contributed by atoms with Crippen LogP contribution in [0.4, 0.5) is 0 Å². The molecule has 166 valence electrons. The highest BCUT2D eigenvalue weighted by Crippen LogP contribution is 2.31. The summed E-state index contributed by atoms with van der Waals surface area (Å²) in [4.78, 5) is 16.3. The average Bonchev–Trinajstić information content (AvgIpc) is 3.52. The molecule has 1 saturated heterocycles. The number of imidazole rings is 1. The van der Waals surface area contributed by atoms with Gasteiger partial charge < -0.3 is 9.30 Å². The summed E-state index contributed by atoms with van der Waals surface area (Å²) in [6.07, 6.45) is 4.47. The van der Waals surface area contributed by atoms with Gasteiger partial charge in [0.1, 0.15) is 18.3 Å². The molecule has 4 heterocycles. The predicted octanol–water partition coefficient (Wildman–Crippen LogP) is 3.77. The van der Waals surface area contributed by atoms with Crippen LogP contribution in [0, 0.1) is 6.92 Å². The van der Waals surface area contributed by atoms with Crippen LogP contribution in [-0.2, 0) is 13.6 Å². The van der Waals surface area contributed by atoms with E-state index in [1.807, 2.05) is 22.5 Å². The third-order valence-corrected chi connectivity index (χ3v) is 6.55. The van der Waals surface area contributed by atoms with E-state index in [-0.39, 0.29) is 6.10 Å². The summed E-state index contributed by atoms with van der Waals surface area (Å²) in [5.41, 5.74) is 4.88. The van der Waals surface area contributed by atoms with Gasteiger partial charge in [0.05, 0.1) is 11.8 Å². The second-order valence-corrected chi connectivity index (χ2v) is 8.42. The molecule has 4 aromatic rings. The van der Waals surface area contributed by atoms with Gasteiger partial charge in [-0.15, -0.1) is 0 Å². The lowest BCUT2D eigenvalue weighted by Crippen LogP contribution is -2.27. The zero-order chi connectivity index (χ0) is 22.2. The lowest BCUT2D eigenvalue weighted by atomic mass is 10.1. The third-order valence-electron chi connectivity index (χ3n) is 6.55. The van der Waals surface area contributed by atoms with Gasteiger partial charge >= 0.3 is 0 Å².